The number of hydrogen-bond donors (Lipinski definition) is 4. The van der Waals surface area contributed by atoms with Crippen molar-refractivity contribution in [2.24, 2.45) is 0 Å². The molecule has 0 radical (unpaired) electrons. The summed E-state index contributed by atoms with van der Waals surface area (Å²) in [7, 11) is 0. The van der Waals surface area contributed by atoms with E-state index in [1.165, 1.54) is 6.20 Å². The van der Waals surface area contributed by atoms with Crippen molar-refractivity contribution in [2.45, 2.75) is 38.4 Å². The molecule has 4 atom stereocenters. The lowest BCUT2D eigenvalue weighted by Crippen LogP contribution is -2.36. The van der Waals surface area contributed by atoms with Gasteiger partial charge in [-0.2, -0.15) is 4.98 Å². The highest BCUT2D eigenvalue weighted by molar-refractivity contribution is 5.74. The Morgan fingerprint density at radius 1 is 1.30 bits per heavy atom. The molecule has 2 aromatic rings. The average molecular weight is 323 g/mol. The van der Waals surface area contributed by atoms with Crippen LogP contribution in [0.3, 0.4) is 0 Å². The molecule has 0 aliphatic carbocycles. The lowest BCUT2D eigenvalue weighted by atomic mass is 10.1. The molecule has 3 rings (SSSR count). The predicted molar refractivity (Wildman–Crippen MR) is 79.1 cm³/mol. The Labute approximate surface area is 129 Å². The third kappa shape index (κ3) is 2.38. The molecule has 9 nitrogen and oxygen atoms in total. The van der Waals surface area contributed by atoms with Crippen LogP contribution in [0.4, 0.5) is 0 Å². The number of pyridine rings is 1. The fraction of sp³-hybridized carbons (Fsp3) is 0.500. The normalized spacial score (nSPS) is 27.7. The zero-order chi connectivity index (χ0) is 16.9. The first kappa shape index (κ1) is 15.8. The topological polar surface area (TPSA) is 138 Å². The fourth-order valence-corrected chi connectivity index (χ4v) is 2.67. The molecule has 0 amide bonds. The number of fused-ring (bicyclic) bond motifs is 1. The van der Waals surface area contributed by atoms with Crippen LogP contribution in [-0.4, -0.2) is 54.8 Å². The van der Waals surface area contributed by atoms with Crippen LogP contribution in [0.2, 0.25) is 0 Å². The maximum Gasteiger partial charge on any atom is 0.351 e. The summed E-state index contributed by atoms with van der Waals surface area (Å²) in [5, 5.41) is 29.1. The van der Waals surface area contributed by atoms with Crippen LogP contribution in [0.25, 0.3) is 11.0 Å². The molecule has 9 heteroatoms. The van der Waals surface area contributed by atoms with E-state index >= 15 is 0 Å². The van der Waals surface area contributed by atoms with E-state index in [1.807, 2.05) is 0 Å². The van der Waals surface area contributed by atoms with Gasteiger partial charge in [0.15, 0.2) is 11.7 Å². The smallest absolute Gasteiger partial charge is 0.351 e. The van der Waals surface area contributed by atoms with Gasteiger partial charge in [0, 0.05) is 17.5 Å². The molecule has 1 aliphatic heterocycles. The van der Waals surface area contributed by atoms with Crippen LogP contribution in [0.15, 0.2) is 15.8 Å². The first-order chi connectivity index (χ1) is 10.8. The summed E-state index contributed by atoms with van der Waals surface area (Å²) in [4.78, 5) is 31.2. The summed E-state index contributed by atoms with van der Waals surface area (Å²) in [5.74, 6) is 0. The largest absolute Gasteiger partial charge is 0.394 e. The molecule has 1 saturated heterocycles. The number of aliphatic hydroxyl groups is 3. The van der Waals surface area contributed by atoms with E-state index in [4.69, 9.17) is 9.84 Å². The number of rotatable bonds is 2. The Kier molecular flexibility index (Phi) is 3.80. The molecule has 124 valence electrons. The minimum absolute atomic E-state index is 0.145. The van der Waals surface area contributed by atoms with Crippen molar-refractivity contribution in [2.75, 3.05) is 6.61 Å². The summed E-state index contributed by atoms with van der Waals surface area (Å²) in [5.41, 5.74) is 0.215. The molecule has 1 fully saturated rings. The quantitative estimate of drug-likeness (QED) is 0.517. The average Bonchev–Trinajstić information content (AvgIpc) is 2.80. The van der Waals surface area contributed by atoms with Crippen molar-refractivity contribution in [3.63, 3.8) is 0 Å². The predicted octanol–water partition coefficient (Wildman–Crippen LogP) is -1.69. The van der Waals surface area contributed by atoms with Gasteiger partial charge in [-0.15, -0.1) is 0 Å². The number of nitrogens with one attached hydrogen (secondary N) is 1. The van der Waals surface area contributed by atoms with Crippen molar-refractivity contribution in [3.8, 4) is 0 Å². The lowest BCUT2D eigenvalue weighted by Gasteiger charge is -2.17. The third-order valence-corrected chi connectivity index (χ3v) is 4.20. The minimum atomic E-state index is -1.42. The Balaban J connectivity index is 2.18. The van der Waals surface area contributed by atoms with Crippen LogP contribution in [-0.2, 0) is 4.74 Å². The van der Waals surface area contributed by atoms with Gasteiger partial charge in [-0.1, -0.05) is 0 Å². The summed E-state index contributed by atoms with van der Waals surface area (Å²) < 4.78 is 6.26. The Morgan fingerprint density at radius 2 is 2.00 bits per heavy atom. The van der Waals surface area contributed by atoms with Crippen LogP contribution in [0, 0.1) is 13.8 Å². The summed E-state index contributed by atoms with van der Waals surface area (Å²) in [6.07, 6.45) is -3.76. The number of nitrogens with zero attached hydrogens (tertiary/aromatic N) is 2. The molecular weight excluding hydrogens is 306 g/mol. The van der Waals surface area contributed by atoms with E-state index in [0.29, 0.717) is 11.3 Å². The fourth-order valence-electron chi connectivity index (χ4n) is 2.67. The van der Waals surface area contributed by atoms with E-state index in [0.717, 1.165) is 4.57 Å². The summed E-state index contributed by atoms with van der Waals surface area (Å²) in [6.45, 7) is 2.84. The molecule has 0 saturated carbocycles. The molecule has 2 aromatic heterocycles. The van der Waals surface area contributed by atoms with Gasteiger partial charge >= 0.3 is 5.69 Å². The highest BCUT2D eigenvalue weighted by Crippen LogP contribution is 2.28. The van der Waals surface area contributed by atoms with E-state index < -0.39 is 36.8 Å². The van der Waals surface area contributed by atoms with Gasteiger partial charge in [-0.05, 0) is 13.8 Å². The van der Waals surface area contributed by atoms with Gasteiger partial charge in [0.2, 0.25) is 0 Å². The van der Waals surface area contributed by atoms with Gasteiger partial charge in [-0.3, -0.25) is 9.36 Å². The minimum Gasteiger partial charge on any atom is -0.394 e. The standard InChI is InChI=1S/C14H17N3O6/c1-5-6(2)15-12-7(9(5)19)3-17(14(22)16-12)13-11(21)10(20)8(4-18)23-13/h3,8,10-11,13,18,20-21H,4H2,1-2H3,(H,15,16,22)/t8-,10?,11?,13-/m1/s1. The van der Waals surface area contributed by atoms with Gasteiger partial charge in [0.05, 0.1) is 12.0 Å². The Morgan fingerprint density at radius 3 is 2.61 bits per heavy atom. The van der Waals surface area contributed by atoms with Crippen LogP contribution in [0.1, 0.15) is 17.5 Å². The number of H-pyrrole nitrogens is 1. The van der Waals surface area contributed by atoms with Gasteiger partial charge in [-0.25, -0.2) is 4.79 Å². The number of aromatic nitrogens is 3. The molecule has 0 spiro atoms. The molecule has 3 heterocycles. The number of ether oxygens (including phenoxy) is 1. The molecule has 0 bridgehead atoms. The van der Waals surface area contributed by atoms with E-state index in [1.54, 1.807) is 13.8 Å². The summed E-state index contributed by atoms with van der Waals surface area (Å²) in [6, 6.07) is 0. The van der Waals surface area contributed by atoms with Crippen LogP contribution >= 0.6 is 0 Å². The molecular formula is C14H17N3O6. The zero-order valence-electron chi connectivity index (χ0n) is 12.6. The van der Waals surface area contributed by atoms with Crippen molar-refractivity contribution in [3.05, 3.63) is 38.2 Å². The highest BCUT2D eigenvalue weighted by atomic mass is 16.6. The number of aliphatic hydroxyl groups excluding tert-OH is 3. The van der Waals surface area contributed by atoms with E-state index in [2.05, 4.69) is 9.97 Å². The lowest BCUT2D eigenvalue weighted by molar-refractivity contribution is -0.0547. The van der Waals surface area contributed by atoms with Gasteiger partial charge in [0.25, 0.3) is 0 Å². The molecule has 4 N–H and O–H groups in total. The first-order valence-corrected chi connectivity index (χ1v) is 7.10. The Bertz CT molecular complexity index is 873. The molecule has 0 aromatic carbocycles. The number of aryl methyl sites for hydroxylation is 1. The summed E-state index contributed by atoms with van der Waals surface area (Å²) >= 11 is 0. The third-order valence-electron chi connectivity index (χ3n) is 4.20. The van der Waals surface area contributed by atoms with Gasteiger partial charge in [0.1, 0.15) is 24.0 Å². The molecule has 2 unspecified atom stereocenters. The van der Waals surface area contributed by atoms with Gasteiger partial charge < -0.3 is 25.0 Å². The SMILES string of the molecule is Cc1[nH]c2nc(=O)n([C@@H]3O[C@H](CO)C(O)C3O)cc2c(=O)c1C. The first-order valence-electron chi connectivity index (χ1n) is 7.10. The number of hydrogen-bond acceptors (Lipinski definition) is 7. The zero-order valence-corrected chi connectivity index (χ0v) is 12.6. The highest BCUT2D eigenvalue weighted by Gasteiger charge is 2.43. The molecule has 23 heavy (non-hydrogen) atoms. The second-order valence-corrected chi connectivity index (χ2v) is 5.63. The molecule has 1 aliphatic rings. The second-order valence-electron chi connectivity index (χ2n) is 5.63. The Hall–Kier alpha value is -2.07. The van der Waals surface area contributed by atoms with Crippen molar-refractivity contribution in [1.82, 2.24) is 14.5 Å². The van der Waals surface area contributed by atoms with Crippen LogP contribution < -0.4 is 11.1 Å². The van der Waals surface area contributed by atoms with Crippen molar-refractivity contribution < 1.29 is 20.1 Å². The second kappa shape index (κ2) is 5.53. The monoisotopic (exact) mass is 323 g/mol. The van der Waals surface area contributed by atoms with Crippen LogP contribution in [0.5, 0.6) is 0 Å². The van der Waals surface area contributed by atoms with Crippen molar-refractivity contribution >= 4 is 11.0 Å². The van der Waals surface area contributed by atoms with E-state index in [9.17, 15) is 19.8 Å². The van der Waals surface area contributed by atoms with E-state index in [-0.39, 0.29) is 16.5 Å². The maximum atomic E-state index is 12.3. The maximum absolute atomic E-state index is 12.3. The number of aromatic amines is 1. The van der Waals surface area contributed by atoms with Crippen molar-refractivity contribution in [1.29, 1.82) is 0 Å².